The van der Waals surface area contributed by atoms with E-state index in [1.807, 2.05) is 36.4 Å². The molecule has 0 radical (unpaired) electrons. The number of hydrogen-bond donors (Lipinski definition) is 0. The van der Waals surface area contributed by atoms with Crippen LogP contribution in [-0.2, 0) is 12.8 Å². The number of ether oxygens (including phenoxy) is 1. The van der Waals surface area contributed by atoms with Crippen LogP contribution in [0.15, 0.2) is 52.6 Å². The maximum Gasteiger partial charge on any atom is 0.282 e. The van der Waals surface area contributed by atoms with Crippen LogP contribution >= 0.6 is 11.3 Å². The zero-order valence-electron chi connectivity index (χ0n) is 15.5. The maximum atomic E-state index is 13.1. The molecule has 0 unspecified atom stereocenters. The minimum Gasteiger partial charge on any atom is -0.496 e. The molecular weight excluding hydrogens is 370 g/mol. The molecule has 1 aliphatic rings. The smallest absolute Gasteiger partial charge is 0.282 e. The predicted molar refractivity (Wildman–Crippen MR) is 114 cm³/mol. The standard InChI is InChI=1S/C22H19N3O2S/c1-27-18-11-10-14-6-2-3-7-15(14)17(18)12-24-25-13-23-21-20(22(25)26)16-8-4-5-9-19(16)28-21/h2-3,6-7,10-13H,4-5,8-9H2,1H3/b24-12-. The summed E-state index contributed by atoms with van der Waals surface area (Å²) in [6, 6.07) is 12.0. The summed E-state index contributed by atoms with van der Waals surface area (Å²) in [5, 5.41) is 7.32. The number of methoxy groups -OCH3 is 1. The van der Waals surface area contributed by atoms with E-state index < -0.39 is 0 Å². The Bertz CT molecular complexity index is 1290. The monoisotopic (exact) mass is 389 g/mol. The highest BCUT2D eigenvalue weighted by Gasteiger charge is 2.19. The van der Waals surface area contributed by atoms with E-state index in [9.17, 15) is 4.79 Å². The molecule has 0 N–H and O–H groups in total. The summed E-state index contributed by atoms with van der Waals surface area (Å²) in [4.78, 5) is 19.7. The molecule has 0 saturated carbocycles. The van der Waals surface area contributed by atoms with E-state index >= 15 is 0 Å². The van der Waals surface area contributed by atoms with Gasteiger partial charge in [0.1, 0.15) is 16.9 Å². The average Bonchev–Trinajstić information content (AvgIpc) is 3.12. The molecule has 0 saturated heterocycles. The molecule has 2 aromatic heterocycles. The highest BCUT2D eigenvalue weighted by atomic mass is 32.1. The Morgan fingerprint density at radius 3 is 2.93 bits per heavy atom. The van der Waals surface area contributed by atoms with Crippen molar-refractivity contribution in [3.63, 3.8) is 0 Å². The zero-order valence-corrected chi connectivity index (χ0v) is 16.3. The van der Waals surface area contributed by atoms with Crippen molar-refractivity contribution in [2.24, 2.45) is 5.10 Å². The van der Waals surface area contributed by atoms with Gasteiger partial charge in [0.2, 0.25) is 0 Å². The largest absolute Gasteiger partial charge is 0.496 e. The lowest BCUT2D eigenvalue weighted by atomic mass is 9.97. The van der Waals surface area contributed by atoms with Crippen LogP contribution in [0.5, 0.6) is 5.75 Å². The summed E-state index contributed by atoms with van der Waals surface area (Å²) in [5.41, 5.74) is 1.93. The first-order valence-corrected chi connectivity index (χ1v) is 10.2. The number of benzene rings is 2. The predicted octanol–water partition coefficient (Wildman–Crippen LogP) is 4.38. The van der Waals surface area contributed by atoms with Crippen LogP contribution < -0.4 is 10.3 Å². The Labute approximate surface area is 165 Å². The van der Waals surface area contributed by atoms with Crippen LogP contribution in [0.4, 0.5) is 0 Å². The molecule has 0 atom stereocenters. The average molecular weight is 389 g/mol. The number of thiophene rings is 1. The highest BCUT2D eigenvalue weighted by molar-refractivity contribution is 7.18. The Morgan fingerprint density at radius 2 is 2.04 bits per heavy atom. The van der Waals surface area contributed by atoms with Crippen LogP contribution in [-0.4, -0.2) is 23.0 Å². The van der Waals surface area contributed by atoms with Gasteiger partial charge in [0.05, 0.1) is 18.7 Å². The Morgan fingerprint density at radius 1 is 1.18 bits per heavy atom. The molecule has 0 aliphatic heterocycles. The quantitative estimate of drug-likeness (QED) is 0.489. The van der Waals surface area contributed by atoms with Crippen molar-refractivity contribution in [3.05, 3.63) is 69.1 Å². The molecule has 2 heterocycles. The van der Waals surface area contributed by atoms with Gasteiger partial charge in [0.15, 0.2) is 0 Å². The first-order chi connectivity index (χ1) is 13.8. The molecule has 0 spiro atoms. The summed E-state index contributed by atoms with van der Waals surface area (Å²) in [7, 11) is 1.64. The van der Waals surface area contributed by atoms with Gasteiger partial charge in [-0.05, 0) is 48.1 Å². The molecule has 140 valence electrons. The van der Waals surface area contributed by atoms with Crippen LogP contribution in [0.1, 0.15) is 28.8 Å². The molecule has 1 aliphatic carbocycles. The summed E-state index contributed by atoms with van der Waals surface area (Å²) in [6.07, 6.45) is 7.52. The van der Waals surface area contributed by atoms with Crippen LogP contribution in [0.25, 0.3) is 21.0 Å². The number of fused-ring (bicyclic) bond motifs is 4. The fraction of sp³-hybridized carbons (Fsp3) is 0.227. The lowest BCUT2D eigenvalue weighted by molar-refractivity contribution is 0.415. The van der Waals surface area contributed by atoms with Gasteiger partial charge in [0, 0.05) is 10.4 Å². The summed E-state index contributed by atoms with van der Waals surface area (Å²) in [6.45, 7) is 0. The minimum atomic E-state index is -0.0974. The third kappa shape index (κ3) is 2.72. The number of nitrogens with zero attached hydrogens (tertiary/aromatic N) is 3. The molecule has 4 aromatic rings. The lowest BCUT2D eigenvalue weighted by Gasteiger charge is -2.10. The molecule has 5 nitrogen and oxygen atoms in total. The Hall–Kier alpha value is -2.99. The summed E-state index contributed by atoms with van der Waals surface area (Å²) >= 11 is 1.65. The molecule has 0 bridgehead atoms. The van der Waals surface area contributed by atoms with Crippen molar-refractivity contribution in [1.29, 1.82) is 0 Å². The highest BCUT2D eigenvalue weighted by Crippen LogP contribution is 2.33. The molecular formula is C22H19N3O2S. The number of hydrogen-bond acceptors (Lipinski definition) is 5. The molecule has 28 heavy (non-hydrogen) atoms. The van der Waals surface area contributed by atoms with Crippen LogP contribution in [0.3, 0.4) is 0 Å². The molecule has 0 amide bonds. The first kappa shape index (κ1) is 17.1. The van der Waals surface area contributed by atoms with Crippen molar-refractivity contribution < 1.29 is 4.74 Å². The molecule has 6 heteroatoms. The van der Waals surface area contributed by atoms with Crippen molar-refractivity contribution in [3.8, 4) is 5.75 Å². The molecule has 5 rings (SSSR count). The topological polar surface area (TPSA) is 56.5 Å². The second-order valence-corrected chi connectivity index (χ2v) is 8.02. The number of aryl methyl sites for hydroxylation is 2. The third-order valence-electron chi connectivity index (χ3n) is 5.32. The van der Waals surface area contributed by atoms with Crippen LogP contribution in [0.2, 0.25) is 0 Å². The van der Waals surface area contributed by atoms with Gasteiger partial charge in [-0.1, -0.05) is 30.3 Å². The van der Waals surface area contributed by atoms with Crippen LogP contribution in [0, 0.1) is 0 Å². The molecule has 0 fully saturated rings. The Kier molecular flexibility index (Phi) is 4.20. The Balaban J connectivity index is 1.65. The van der Waals surface area contributed by atoms with Gasteiger partial charge in [-0.2, -0.15) is 9.78 Å². The van der Waals surface area contributed by atoms with E-state index in [1.165, 1.54) is 27.9 Å². The van der Waals surface area contributed by atoms with Crippen molar-refractivity contribution in [1.82, 2.24) is 9.66 Å². The third-order valence-corrected chi connectivity index (χ3v) is 6.52. The van der Waals surface area contributed by atoms with Gasteiger partial charge in [0.25, 0.3) is 5.56 Å². The van der Waals surface area contributed by atoms with E-state index in [1.54, 1.807) is 24.7 Å². The van der Waals surface area contributed by atoms with Gasteiger partial charge < -0.3 is 4.74 Å². The second-order valence-electron chi connectivity index (χ2n) is 6.93. The van der Waals surface area contributed by atoms with E-state index in [4.69, 9.17) is 4.74 Å². The van der Waals surface area contributed by atoms with E-state index in [-0.39, 0.29) is 5.56 Å². The maximum absolute atomic E-state index is 13.1. The van der Waals surface area contributed by atoms with E-state index in [2.05, 4.69) is 10.1 Å². The lowest BCUT2D eigenvalue weighted by Crippen LogP contribution is -2.18. The van der Waals surface area contributed by atoms with Gasteiger partial charge in [-0.25, -0.2) is 4.98 Å². The number of rotatable bonds is 3. The first-order valence-electron chi connectivity index (χ1n) is 9.38. The SMILES string of the molecule is COc1ccc2ccccc2c1/C=N\n1cnc2sc3c(c2c1=O)CCCC3. The summed E-state index contributed by atoms with van der Waals surface area (Å²) < 4.78 is 6.85. The normalized spacial score (nSPS) is 14.0. The van der Waals surface area contributed by atoms with Crippen molar-refractivity contribution in [2.75, 3.05) is 7.11 Å². The van der Waals surface area contributed by atoms with E-state index in [0.29, 0.717) is 0 Å². The van der Waals surface area contributed by atoms with Gasteiger partial charge in [-0.15, -0.1) is 11.3 Å². The minimum absolute atomic E-state index is 0.0974. The fourth-order valence-corrected chi connectivity index (χ4v) is 5.15. The van der Waals surface area contributed by atoms with Crippen molar-refractivity contribution in [2.45, 2.75) is 25.7 Å². The van der Waals surface area contributed by atoms with E-state index in [0.717, 1.165) is 51.6 Å². The van der Waals surface area contributed by atoms with Gasteiger partial charge in [-0.3, -0.25) is 4.79 Å². The summed E-state index contributed by atoms with van der Waals surface area (Å²) in [5.74, 6) is 0.720. The fourth-order valence-electron chi connectivity index (χ4n) is 3.93. The molecule has 2 aromatic carbocycles. The zero-order chi connectivity index (χ0) is 19.1. The number of aromatic nitrogens is 2. The van der Waals surface area contributed by atoms with Gasteiger partial charge >= 0.3 is 0 Å². The second kappa shape index (κ2) is 6.87. The van der Waals surface area contributed by atoms with Crippen molar-refractivity contribution >= 4 is 38.5 Å².